The molecule has 0 spiro atoms. The third-order valence-corrected chi connectivity index (χ3v) is 3.87. The van der Waals surface area contributed by atoms with Crippen molar-refractivity contribution >= 4 is 0 Å². The molecular formula is C14H30FN. The van der Waals surface area contributed by atoms with Crippen LogP contribution in [0.2, 0.25) is 0 Å². The van der Waals surface area contributed by atoms with Crippen molar-refractivity contribution in [2.24, 2.45) is 0 Å². The molecule has 1 nitrogen and oxygen atoms in total. The van der Waals surface area contributed by atoms with E-state index in [9.17, 15) is 0 Å². The lowest BCUT2D eigenvalue weighted by Gasteiger charge is -2.32. The summed E-state index contributed by atoms with van der Waals surface area (Å²) in [6, 6.07) is 1.00. The van der Waals surface area contributed by atoms with Gasteiger partial charge in [-0.05, 0) is 38.5 Å². The first-order valence-corrected chi connectivity index (χ1v) is 7.23. The number of hydrogen-bond acceptors (Lipinski definition) is 0. The maximum atomic E-state index is 2.34. The summed E-state index contributed by atoms with van der Waals surface area (Å²) >= 11 is 0. The minimum atomic E-state index is 0. The molecule has 0 aromatic heterocycles. The van der Waals surface area contributed by atoms with Gasteiger partial charge in [-0.2, -0.15) is 0 Å². The van der Waals surface area contributed by atoms with Crippen molar-refractivity contribution in [1.82, 2.24) is 0 Å². The summed E-state index contributed by atoms with van der Waals surface area (Å²) in [7, 11) is 0. The minimum Gasteiger partial charge on any atom is -1.00 e. The molecule has 16 heavy (non-hydrogen) atoms. The van der Waals surface area contributed by atoms with Gasteiger partial charge in [0.1, 0.15) is 0 Å². The lowest BCUT2D eigenvalue weighted by molar-refractivity contribution is -0.931. The van der Waals surface area contributed by atoms with E-state index in [0.717, 1.165) is 6.04 Å². The van der Waals surface area contributed by atoms with Crippen molar-refractivity contribution in [3.8, 4) is 0 Å². The van der Waals surface area contributed by atoms with E-state index in [-0.39, 0.29) is 4.70 Å². The van der Waals surface area contributed by atoms with Gasteiger partial charge in [-0.1, -0.05) is 33.1 Å². The van der Waals surface area contributed by atoms with E-state index in [1.54, 1.807) is 0 Å². The van der Waals surface area contributed by atoms with E-state index in [2.05, 4.69) is 13.8 Å². The fraction of sp³-hybridized carbons (Fsp3) is 1.00. The first kappa shape index (κ1) is 15.9. The summed E-state index contributed by atoms with van der Waals surface area (Å²) in [5.41, 5.74) is 0. The van der Waals surface area contributed by atoms with Crippen LogP contribution in [-0.4, -0.2) is 19.1 Å². The van der Waals surface area contributed by atoms with Gasteiger partial charge in [0.05, 0.1) is 19.1 Å². The summed E-state index contributed by atoms with van der Waals surface area (Å²) in [6.45, 7) is 7.54. The Bertz CT molecular complexity index is 148. The molecule has 1 rings (SSSR count). The van der Waals surface area contributed by atoms with Crippen LogP contribution in [0.3, 0.4) is 0 Å². The normalized spacial score (nSPS) is 25.1. The van der Waals surface area contributed by atoms with Crippen LogP contribution in [-0.2, 0) is 0 Å². The lowest BCUT2D eigenvalue weighted by atomic mass is 9.98. The van der Waals surface area contributed by atoms with Crippen LogP contribution in [0.4, 0.5) is 0 Å². The maximum absolute atomic E-state index is 2.34. The van der Waals surface area contributed by atoms with Crippen LogP contribution in [0.5, 0.6) is 0 Å². The predicted octanol–water partition coefficient (Wildman–Crippen LogP) is -0.192. The molecule has 1 heterocycles. The topological polar surface area (TPSA) is 4.44 Å². The van der Waals surface area contributed by atoms with E-state index >= 15 is 0 Å². The van der Waals surface area contributed by atoms with E-state index < -0.39 is 0 Å². The second kappa shape index (κ2) is 10.1. The monoisotopic (exact) mass is 231 g/mol. The van der Waals surface area contributed by atoms with E-state index in [0.29, 0.717) is 0 Å². The molecular weight excluding hydrogens is 201 g/mol. The number of nitrogens with one attached hydrogen (secondary N) is 1. The molecule has 1 aliphatic heterocycles. The Morgan fingerprint density at radius 3 is 2.50 bits per heavy atom. The maximum Gasteiger partial charge on any atom is 0.0874 e. The van der Waals surface area contributed by atoms with Crippen molar-refractivity contribution in [1.29, 1.82) is 0 Å². The number of hydrogen-bond donors (Lipinski definition) is 1. The molecule has 2 heteroatoms. The molecule has 98 valence electrons. The summed E-state index contributed by atoms with van der Waals surface area (Å²) in [4.78, 5) is 1.93. The number of halogens is 1. The minimum absolute atomic E-state index is 0. The van der Waals surface area contributed by atoms with Crippen molar-refractivity contribution in [3.63, 3.8) is 0 Å². The Balaban J connectivity index is 0.00000225. The Labute approximate surface area is 101 Å². The van der Waals surface area contributed by atoms with Crippen LogP contribution in [0.1, 0.15) is 71.6 Å². The fourth-order valence-electron chi connectivity index (χ4n) is 2.96. The van der Waals surface area contributed by atoms with Crippen LogP contribution in [0.25, 0.3) is 0 Å². The third-order valence-electron chi connectivity index (χ3n) is 3.87. The van der Waals surface area contributed by atoms with Crippen molar-refractivity contribution < 1.29 is 9.60 Å². The molecule has 1 fully saturated rings. The summed E-state index contributed by atoms with van der Waals surface area (Å²) < 4.78 is 0. The number of unbranched alkanes of at least 4 members (excludes halogenated alkanes) is 3. The Morgan fingerprint density at radius 1 is 1.00 bits per heavy atom. The highest BCUT2D eigenvalue weighted by Gasteiger charge is 2.24. The van der Waals surface area contributed by atoms with Gasteiger partial charge in [-0.15, -0.1) is 0 Å². The van der Waals surface area contributed by atoms with Crippen LogP contribution < -0.4 is 9.60 Å². The molecule has 0 saturated carbocycles. The van der Waals surface area contributed by atoms with Crippen molar-refractivity contribution in [2.75, 3.05) is 13.1 Å². The SMILES string of the molecule is CCCCCC[NH+]1CCCCC1CCC.[F-]. The molecule has 0 aromatic rings. The van der Waals surface area contributed by atoms with Gasteiger partial charge in [-0.25, -0.2) is 0 Å². The third kappa shape index (κ3) is 5.83. The van der Waals surface area contributed by atoms with Crippen molar-refractivity contribution in [3.05, 3.63) is 0 Å². The highest BCUT2D eigenvalue weighted by molar-refractivity contribution is 4.61. The van der Waals surface area contributed by atoms with Crippen molar-refractivity contribution in [2.45, 2.75) is 77.7 Å². The molecule has 1 aliphatic rings. The zero-order chi connectivity index (χ0) is 10.9. The molecule has 0 bridgehead atoms. The molecule has 2 unspecified atom stereocenters. The molecule has 1 saturated heterocycles. The highest BCUT2D eigenvalue weighted by atomic mass is 19.0. The number of likely N-dealkylation sites (tertiary alicyclic amines) is 1. The average molecular weight is 231 g/mol. The molecule has 0 aliphatic carbocycles. The highest BCUT2D eigenvalue weighted by Crippen LogP contribution is 2.08. The predicted molar refractivity (Wildman–Crippen MR) is 67.4 cm³/mol. The summed E-state index contributed by atoms with van der Waals surface area (Å²) in [6.07, 6.45) is 13.0. The fourth-order valence-corrected chi connectivity index (χ4v) is 2.96. The van der Waals surface area contributed by atoms with Crippen LogP contribution in [0, 0.1) is 0 Å². The van der Waals surface area contributed by atoms with Gasteiger partial charge >= 0.3 is 0 Å². The van der Waals surface area contributed by atoms with Gasteiger partial charge in [0, 0.05) is 0 Å². The van der Waals surface area contributed by atoms with Gasteiger partial charge in [0.2, 0.25) is 0 Å². The largest absolute Gasteiger partial charge is 1.00 e. The molecule has 0 aromatic carbocycles. The van der Waals surface area contributed by atoms with Gasteiger partial charge < -0.3 is 9.60 Å². The number of piperidine rings is 1. The van der Waals surface area contributed by atoms with Gasteiger partial charge in [0.25, 0.3) is 0 Å². The van der Waals surface area contributed by atoms with Crippen LogP contribution >= 0.6 is 0 Å². The van der Waals surface area contributed by atoms with Gasteiger partial charge in [-0.3, -0.25) is 0 Å². The molecule has 0 amide bonds. The van der Waals surface area contributed by atoms with Crippen LogP contribution in [0.15, 0.2) is 0 Å². The van der Waals surface area contributed by atoms with E-state index in [1.165, 1.54) is 70.9 Å². The molecule has 1 N–H and O–H groups in total. The Kier molecular flexibility index (Phi) is 10.0. The first-order chi connectivity index (χ1) is 7.38. The molecule has 0 radical (unpaired) electrons. The van der Waals surface area contributed by atoms with E-state index in [1.807, 2.05) is 4.90 Å². The zero-order valence-electron chi connectivity index (χ0n) is 11.2. The summed E-state index contributed by atoms with van der Waals surface area (Å²) in [5, 5.41) is 0. The standard InChI is InChI=1S/C14H29N.FH/c1-3-5-6-8-12-15-13-9-7-11-14(15)10-4-2;/h14H,3-13H2,1-2H3;1H. The Morgan fingerprint density at radius 2 is 1.81 bits per heavy atom. The average Bonchev–Trinajstić information content (AvgIpc) is 2.27. The molecule has 2 atom stereocenters. The smallest absolute Gasteiger partial charge is 0.0874 e. The second-order valence-electron chi connectivity index (χ2n) is 5.20. The number of quaternary nitrogens is 1. The number of rotatable bonds is 7. The quantitative estimate of drug-likeness (QED) is 0.579. The first-order valence-electron chi connectivity index (χ1n) is 7.23. The van der Waals surface area contributed by atoms with E-state index in [4.69, 9.17) is 0 Å². The Hall–Kier alpha value is -0.110. The van der Waals surface area contributed by atoms with Gasteiger partial charge in [0.15, 0.2) is 0 Å². The zero-order valence-corrected chi connectivity index (χ0v) is 11.2. The summed E-state index contributed by atoms with van der Waals surface area (Å²) in [5.74, 6) is 0. The lowest BCUT2D eigenvalue weighted by Crippen LogP contribution is -3.16. The second-order valence-corrected chi connectivity index (χ2v) is 5.20.